The first-order valence-corrected chi connectivity index (χ1v) is 10.7. The molecule has 176 valence electrons. The van der Waals surface area contributed by atoms with Crippen molar-refractivity contribution in [2.24, 2.45) is 0 Å². The smallest absolute Gasteiger partial charge is 0.269 e. The molecule has 0 amide bonds. The van der Waals surface area contributed by atoms with Gasteiger partial charge in [0.05, 0.1) is 21.1 Å². The van der Waals surface area contributed by atoms with Crippen molar-refractivity contribution in [1.82, 2.24) is 8.97 Å². The number of nitro benzene ring substituents is 2. The summed E-state index contributed by atoms with van der Waals surface area (Å²) in [5.74, 6) is -0.435. The Bertz CT molecular complexity index is 1720. The molecule has 0 saturated carbocycles. The van der Waals surface area contributed by atoms with Gasteiger partial charge in [0.1, 0.15) is 5.69 Å². The summed E-state index contributed by atoms with van der Waals surface area (Å²) in [6.07, 6.45) is 3.26. The van der Waals surface area contributed by atoms with E-state index in [0.29, 0.717) is 22.3 Å². The van der Waals surface area contributed by atoms with Crippen LogP contribution in [0.4, 0.5) is 11.4 Å². The van der Waals surface area contributed by atoms with E-state index in [1.54, 1.807) is 47.1 Å². The molecule has 3 aromatic heterocycles. The zero-order valence-electron chi connectivity index (χ0n) is 18.5. The number of pyridine rings is 2. The molecule has 0 radical (unpaired) electrons. The molecule has 0 N–H and O–H groups in total. The van der Waals surface area contributed by atoms with Gasteiger partial charge < -0.3 is 4.40 Å². The van der Waals surface area contributed by atoms with Gasteiger partial charge in [0.2, 0.25) is 5.78 Å². The molecule has 10 nitrogen and oxygen atoms in total. The number of nitrogens with zero attached hydrogens (tertiary/aromatic N) is 4. The molecule has 0 aliphatic carbocycles. The SMILES string of the molecule is O=C(c1ccc([N+](=O)[O-])cc1)c1c(-c2ccc([N+](=O)[O-])cc2)c(-n2ccccc2=O)c2ccccn12. The van der Waals surface area contributed by atoms with E-state index in [-0.39, 0.29) is 28.2 Å². The van der Waals surface area contributed by atoms with E-state index in [9.17, 15) is 29.8 Å². The van der Waals surface area contributed by atoms with Crippen LogP contribution < -0.4 is 5.56 Å². The van der Waals surface area contributed by atoms with Crippen LogP contribution in [0.25, 0.3) is 22.3 Å². The Morgan fingerprint density at radius 1 is 0.722 bits per heavy atom. The van der Waals surface area contributed by atoms with Crippen LogP contribution in [0.3, 0.4) is 0 Å². The maximum atomic E-state index is 13.9. The van der Waals surface area contributed by atoms with Crippen molar-refractivity contribution >= 4 is 22.7 Å². The Balaban J connectivity index is 1.85. The van der Waals surface area contributed by atoms with Gasteiger partial charge in [-0.2, -0.15) is 0 Å². The van der Waals surface area contributed by atoms with E-state index in [1.165, 1.54) is 59.2 Å². The van der Waals surface area contributed by atoms with Crippen LogP contribution >= 0.6 is 0 Å². The van der Waals surface area contributed by atoms with E-state index >= 15 is 0 Å². The Kier molecular flexibility index (Phi) is 5.46. The third kappa shape index (κ3) is 3.72. The average molecular weight is 480 g/mol. The number of ketones is 1. The van der Waals surface area contributed by atoms with Gasteiger partial charge in [-0.3, -0.25) is 34.4 Å². The number of hydrogen-bond acceptors (Lipinski definition) is 6. The van der Waals surface area contributed by atoms with Crippen LogP contribution in [-0.4, -0.2) is 24.6 Å². The summed E-state index contributed by atoms with van der Waals surface area (Å²) >= 11 is 0. The van der Waals surface area contributed by atoms with Gasteiger partial charge in [0.25, 0.3) is 16.9 Å². The highest BCUT2D eigenvalue weighted by atomic mass is 16.6. The van der Waals surface area contributed by atoms with Crippen molar-refractivity contribution in [2.75, 3.05) is 0 Å². The highest BCUT2D eigenvalue weighted by Gasteiger charge is 2.27. The molecule has 5 rings (SSSR count). The minimum Gasteiger partial charge on any atom is -0.311 e. The van der Waals surface area contributed by atoms with Gasteiger partial charge in [0, 0.05) is 53.9 Å². The molecule has 2 aromatic carbocycles. The monoisotopic (exact) mass is 480 g/mol. The van der Waals surface area contributed by atoms with Gasteiger partial charge in [-0.1, -0.05) is 12.1 Å². The highest BCUT2D eigenvalue weighted by molar-refractivity contribution is 6.15. The lowest BCUT2D eigenvalue weighted by molar-refractivity contribution is -0.385. The topological polar surface area (TPSA) is 130 Å². The first-order chi connectivity index (χ1) is 17.4. The molecule has 0 saturated heterocycles. The van der Waals surface area contributed by atoms with Crippen molar-refractivity contribution in [3.63, 3.8) is 0 Å². The zero-order chi connectivity index (χ0) is 25.4. The number of carbonyl (C=O) groups excluding carboxylic acids is 1. The molecule has 3 heterocycles. The van der Waals surface area contributed by atoms with E-state index < -0.39 is 15.6 Å². The predicted molar refractivity (Wildman–Crippen MR) is 132 cm³/mol. The molecule has 0 aliphatic rings. The van der Waals surface area contributed by atoms with E-state index in [4.69, 9.17) is 0 Å². The second-order valence-electron chi connectivity index (χ2n) is 7.87. The van der Waals surface area contributed by atoms with Crippen molar-refractivity contribution in [1.29, 1.82) is 0 Å². The lowest BCUT2D eigenvalue weighted by atomic mass is 9.98. The largest absolute Gasteiger partial charge is 0.311 e. The molecule has 0 aliphatic heterocycles. The molecule has 0 atom stereocenters. The number of hydrogen-bond donors (Lipinski definition) is 0. The van der Waals surface area contributed by atoms with Gasteiger partial charge in [-0.05, 0) is 48.0 Å². The minimum absolute atomic E-state index is 0.121. The quantitative estimate of drug-likeness (QED) is 0.195. The summed E-state index contributed by atoms with van der Waals surface area (Å²) in [7, 11) is 0. The lowest BCUT2D eigenvalue weighted by Crippen LogP contribution is -2.16. The molecule has 0 fully saturated rings. The summed E-state index contributed by atoms with van der Waals surface area (Å²) in [6.45, 7) is 0. The van der Waals surface area contributed by atoms with Gasteiger partial charge in [-0.15, -0.1) is 0 Å². The zero-order valence-corrected chi connectivity index (χ0v) is 18.5. The maximum absolute atomic E-state index is 13.9. The molecule has 5 aromatic rings. The third-order valence-electron chi connectivity index (χ3n) is 5.80. The number of non-ortho nitro benzene ring substituents is 2. The standard InChI is InChI=1S/C26H16N4O6/c31-22-6-2-4-16-28(22)24-21-5-1-3-15-27(21)25(23(24)17-7-11-19(12-8-17)29(33)34)26(32)18-9-13-20(14-10-18)30(35)36/h1-16H. The Morgan fingerprint density at radius 3 is 1.92 bits per heavy atom. The van der Waals surface area contributed by atoms with Crippen LogP contribution in [0.2, 0.25) is 0 Å². The van der Waals surface area contributed by atoms with Crippen LogP contribution in [0, 0.1) is 20.2 Å². The van der Waals surface area contributed by atoms with Crippen molar-refractivity contribution in [3.05, 3.63) is 139 Å². The minimum atomic E-state index is -0.552. The summed E-state index contributed by atoms with van der Waals surface area (Å²) in [4.78, 5) is 47.9. The Labute approximate surface area is 202 Å². The van der Waals surface area contributed by atoms with Crippen molar-refractivity contribution in [3.8, 4) is 16.8 Å². The van der Waals surface area contributed by atoms with Crippen LogP contribution in [0.5, 0.6) is 0 Å². The summed E-state index contributed by atoms with van der Waals surface area (Å²) < 4.78 is 3.06. The molecule has 0 unspecified atom stereocenters. The summed E-state index contributed by atoms with van der Waals surface area (Å²) in [5.41, 5.74) is 1.69. The van der Waals surface area contributed by atoms with Crippen molar-refractivity contribution in [2.45, 2.75) is 0 Å². The number of carbonyl (C=O) groups is 1. The predicted octanol–water partition coefficient (Wildman–Crippen LogP) is 4.80. The highest BCUT2D eigenvalue weighted by Crippen LogP contribution is 2.37. The fourth-order valence-electron chi connectivity index (χ4n) is 4.17. The third-order valence-corrected chi connectivity index (χ3v) is 5.80. The van der Waals surface area contributed by atoms with Crippen LogP contribution in [0.15, 0.2) is 102 Å². The number of benzene rings is 2. The first-order valence-electron chi connectivity index (χ1n) is 10.7. The fraction of sp³-hybridized carbons (Fsp3) is 0. The molecular formula is C26H16N4O6. The van der Waals surface area contributed by atoms with Gasteiger partial charge in [-0.25, -0.2) is 0 Å². The number of nitro groups is 2. The second kappa shape index (κ2) is 8.76. The van der Waals surface area contributed by atoms with Crippen molar-refractivity contribution < 1.29 is 14.6 Å². The lowest BCUT2D eigenvalue weighted by Gasteiger charge is -2.10. The number of rotatable bonds is 6. The number of aromatic nitrogens is 2. The second-order valence-corrected chi connectivity index (χ2v) is 7.87. The Hall–Kier alpha value is -5.38. The fourth-order valence-corrected chi connectivity index (χ4v) is 4.17. The number of fused-ring (bicyclic) bond motifs is 1. The Morgan fingerprint density at radius 2 is 1.31 bits per heavy atom. The van der Waals surface area contributed by atoms with E-state index in [1.807, 2.05) is 0 Å². The van der Waals surface area contributed by atoms with Crippen LogP contribution in [0.1, 0.15) is 16.1 Å². The molecule has 10 heteroatoms. The summed E-state index contributed by atoms with van der Waals surface area (Å²) in [5, 5.41) is 22.3. The van der Waals surface area contributed by atoms with Gasteiger partial charge >= 0.3 is 0 Å². The van der Waals surface area contributed by atoms with E-state index in [2.05, 4.69) is 0 Å². The molecular weight excluding hydrogens is 464 g/mol. The first kappa shape index (κ1) is 22.4. The van der Waals surface area contributed by atoms with Gasteiger partial charge in [0.15, 0.2) is 0 Å². The van der Waals surface area contributed by atoms with Crippen LogP contribution in [-0.2, 0) is 0 Å². The normalized spacial score (nSPS) is 10.9. The average Bonchev–Trinajstić information content (AvgIpc) is 3.23. The molecule has 36 heavy (non-hydrogen) atoms. The maximum Gasteiger partial charge on any atom is 0.269 e. The summed E-state index contributed by atoms with van der Waals surface area (Å²) in [6, 6.07) is 20.9. The molecule has 0 bridgehead atoms. The molecule has 0 spiro atoms. The van der Waals surface area contributed by atoms with E-state index in [0.717, 1.165) is 0 Å².